The lowest BCUT2D eigenvalue weighted by atomic mass is 9.93. The van der Waals surface area contributed by atoms with Crippen molar-refractivity contribution in [2.45, 2.75) is 39.0 Å². The van der Waals surface area contributed by atoms with E-state index in [1.165, 1.54) is 51.7 Å². The minimum Gasteiger partial charge on any atom is -0.330 e. The normalized spacial score (nSPS) is 24.9. The maximum atomic E-state index is 5.53. The van der Waals surface area contributed by atoms with Gasteiger partial charge in [0.05, 0.1) is 0 Å². The first-order chi connectivity index (χ1) is 6.36. The fourth-order valence-corrected chi connectivity index (χ4v) is 2.31. The molecule has 1 rings (SSSR count). The summed E-state index contributed by atoms with van der Waals surface area (Å²) in [6.45, 7) is 7.08. The Balaban J connectivity index is 2.16. The average molecular weight is 184 g/mol. The van der Waals surface area contributed by atoms with Crippen molar-refractivity contribution in [1.29, 1.82) is 0 Å². The topological polar surface area (TPSA) is 29.3 Å². The first-order valence-electron chi connectivity index (χ1n) is 5.79. The molecule has 0 aromatic rings. The highest BCUT2D eigenvalue weighted by Crippen LogP contribution is 2.20. The fraction of sp³-hybridized carbons (Fsp3) is 1.00. The molecular weight excluding hydrogens is 160 g/mol. The van der Waals surface area contributed by atoms with E-state index in [-0.39, 0.29) is 0 Å². The fourth-order valence-electron chi connectivity index (χ4n) is 2.31. The zero-order valence-corrected chi connectivity index (χ0v) is 8.97. The van der Waals surface area contributed by atoms with Gasteiger partial charge in [-0.1, -0.05) is 6.92 Å². The Bertz CT molecular complexity index is 123. The number of piperidine rings is 1. The third kappa shape index (κ3) is 4.10. The second kappa shape index (κ2) is 6.39. The van der Waals surface area contributed by atoms with Crippen LogP contribution in [0.1, 0.15) is 39.0 Å². The molecule has 2 N–H and O–H groups in total. The smallest absolute Gasteiger partial charge is 0.000967 e. The summed E-state index contributed by atoms with van der Waals surface area (Å²) in [6.07, 6.45) is 6.68. The van der Waals surface area contributed by atoms with E-state index in [4.69, 9.17) is 5.73 Å². The van der Waals surface area contributed by atoms with E-state index in [1.807, 2.05) is 0 Å². The van der Waals surface area contributed by atoms with Gasteiger partial charge < -0.3 is 10.6 Å². The molecule has 2 heteroatoms. The number of nitrogens with two attached hydrogens (primary N) is 1. The highest BCUT2D eigenvalue weighted by molar-refractivity contribution is 4.72. The van der Waals surface area contributed by atoms with Gasteiger partial charge in [-0.2, -0.15) is 0 Å². The summed E-state index contributed by atoms with van der Waals surface area (Å²) in [6, 6.07) is 0. The van der Waals surface area contributed by atoms with Crippen LogP contribution in [0.15, 0.2) is 0 Å². The van der Waals surface area contributed by atoms with Crippen molar-refractivity contribution in [1.82, 2.24) is 4.90 Å². The zero-order valence-electron chi connectivity index (χ0n) is 8.97. The standard InChI is InChI=1S/C11H24N2/c1-2-8-13-9-4-6-11(10-13)5-3-7-12/h11H,2-10,12H2,1H3. The number of rotatable bonds is 5. The van der Waals surface area contributed by atoms with Gasteiger partial charge in [-0.3, -0.25) is 0 Å². The van der Waals surface area contributed by atoms with Gasteiger partial charge in [-0.05, 0) is 57.7 Å². The van der Waals surface area contributed by atoms with Crippen molar-refractivity contribution in [2.24, 2.45) is 11.7 Å². The van der Waals surface area contributed by atoms with Crippen molar-refractivity contribution < 1.29 is 0 Å². The second-order valence-corrected chi connectivity index (χ2v) is 4.24. The third-order valence-electron chi connectivity index (χ3n) is 2.96. The largest absolute Gasteiger partial charge is 0.330 e. The number of nitrogens with zero attached hydrogens (tertiary/aromatic N) is 1. The summed E-state index contributed by atoms with van der Waals surface area (Å²) in [7, 11) is 0. The summed E-state index contributed by atoms with van der Waals surface area (Å²) < 4.78 is 0. The molecule has 0 radical (unpaired) electrons. The Hall–Kier alpha value is -0.0800. The summed E-state index contributed by atoms with van der Waals surface area (Å²) in [5.41, 5.74) is 5.53. The van der Waals surface area contributed by atoms with E-state index in [0.29, 0.717) is 0 Å². The summed E-state index contributed by atoms with van der Waals surface area (Å²) in [4.78, 5) is 2.62. The maximum Gasteiger partial charge on any atom is 0.000967 e. The summed E-state index contributed by atoms with van der Waals surface area (Å²) in [5.74, 6) is 0.934. The molecule has 1 unspecified atom stereocenters. The van der Waals surface area contributed by atoms with Crippen LogP contribution in [-0.4, -0.2) is 31.1 Å². The van der Waals surface area contributed by atoms with E-state index >= 15 is 0 Å². The van der Waals surface area contributed by atoms with Gasteiger partial charge in [0.25, 0.3) is 0 Å². The molecule has 2 nitrogen and oxygen atoms in total. The van der Waals surface area contributed by atoms with Crippen LogP contribution < -0.4 is 5.73 Å². The van der Waals surface area contributed by atoms with Gasteiger partial charge in [0, 0.05) is 6.54 Å². The van der Waals surface area contributed by atoms with Crippen molar-refractivity contribution >= 4 is 0 Å². The van der Waals surface area contributed by atoms with E-state index in [0.717, 1.165) is 12.5 Å². The SMILES string of the molecule is CCCN1CCCC(CCCN)C1. The molecule has 0 aromatic heterocycles. The predicted molar refractivity (Wildman–Crippen MR) is 57.7 cm³/mol. The molecule has 1 atom stereocenters. The molecule has 78 valence electrons. The van der Waals surface area contributed by atoms with Gasteiger partial charge in [-0.15, -0.1) is 0 Å². The first-order valence-corrected chi connectivity index (χ1v) is 5.79. The van der Waals surface area contributed by atoms with Crippen molar-refractivity contribution in [3.8, 4) is 0 Å². The Morgan fingerprint density at radius 1 is 1.46 bits per heavy atom. The van der Waals surface area contributed by atoms with Gasteiger partial charge in [0.1, 0.15) is 0 Å². The lowest BCUT2D eigenvalue weighted by Gasteiger charge is -2.32. The molecule has 0 amide bonds. The first kappa shape index (κ1) is 11.0. The van der Waals surface area contributed by atoms with Crippen LogP contribution in [0.4, 0.5) is 0 Å². The molecule has 0 bridgehead atoms. The van der Waals surface area contributed by atoms with Crippen molar-refractivity contribution in [3.05, 3.63) is 0 Å². The molecule has 0 aliphatic carbocycles. The highest BCUT2D eigenvalue weighted by atomic mass is 15.1. The van der Waals surface area contributed by atoms with Crippen molar-refractivity contribution in [3.63, 3.8) is 0 Å². The number of likely N-dealkylation sites (tertiary alicyclic amines) is 1. The summed E-state index contributed by atoms with van der Waals surface area (Å²) >= 11 is 0. The van der Waals surface area contributed by atoms with Crippen LogP contribution in [0.5, 0.6) is 0 Å². The minimum atomic E-state index is 0.865. The Labute approximate surface area is 82.5 Å². The molecule has 0 spiro atoms. The lowest BCUT2D eigenvalue weighted by molar-refractivity contribution is 0.168. The molecular formula is C11H24N2. The van der Waals surface area contributed by atoms with Crippen molar-refractivity contribution in [2.75, 3.05) is 26.2 Å². The molecule has 1 saturated heterocycles. The molecule has 0 aromatic carbocycles. The number of hydrogen-bond acceptors (Lipinski definition) is 2. The van der Waals surface area contributed by atoms with Crippen LogP contribution in [0.3, 0.4) is 0 Å². The monoisotopic (exact) mass is 184 g/mol. The molecule has 1 aliphatic rings. The van der Waals surface area contributed by atoms with Gasteiger partial charge in [0.15, 0.2) is 0 Å². The lowest BCUT2D eigenvalue weighted by Crippen LogP contribution is -2.36. The van der Waals surface area contributed by atoms with Gasteiger partial charge in [-0.25, -0.2) is 0 Å². The predicted octanol–water partition coefficient (Wildman–Crippen LogP) is 1.85. The van der Waals surface area contributed by atoms with Crippen LogP contribution >= 0.6 is 0 Å². The quantitative estimate of drug-likeness (QED) is 0.706. The van der Waals surface area contributed by atoms with E-state index in [1.54, 1.807) is 0 Å². The molecule has 1 heterocycles. The average Bonchev–Trinajstić information content (AvgIpc) is 2.16. The summed E-state index contributed by atoms with van der Waals surface area (Å²) in [5, 5.41) is 0. The Kier molecular flexibility index (Phi) is 5.40. The highest BCUT2D eigenvalue weighted by Gasteiger charge is 2.18. The van der Waals surface area contributed by atoms with Crippen LogP contribution in [-0.2, 0) is 0 Å². The number of hydrogen-bond donors (Lipinski definition) is 1. The van der Waals surface area contributed by atoms with Crippen LogP contribution in [0.2, 0.25) is 0 Å². The molecule has 1 aliphatic heterocycles. The van der Waals surface area contributed by atoms with Crippen LogP contribution in [0, 0.1) is 5.92 Å². The Morgan fingerprint density at radius 3 is 3.00 bits per heavy atom. The molecule has 1 fully saturated rings. The Morgan fingerprint density at radius 2 is 2.31 bits per heavy atom. The third-order valence-corrected chi connectivity index (χ3v) is 2.96. The van der Waals surface area contributed by atoms with Crippen LogP contribution in [0.25, 0.3) is 0 Å². The molecule has 13 heavy (non-hydrogen) atoms. The maximum absolute atomic E-state index is 5.53. The zero-order chi connectivity index (χ0) is 9.52. The second-order valence-electron chi connectivity index (χ2n) is 4.24. The van der Waals surface area contributed by atoms with E-state index in [2.05, 4.69) is 11.8 Å². The van der Waals surface area contributed by atoms with E-state index < -0.39 is 0 Å². The van der Waals surface area contributed by atoms with Gasteiger partial charge in [0.2, 0.25) is 0 Å². The van der Waals surface area contributed by atoms with E-state index in [9.17, 15) is 0 Å². The minimum absolute atomic E-state index is 0.865. The molecule has 0 saturated carbocycles. The van der Waals surface area contributed by atoms with Gasteiger partial charge >= 0.3 is 0 Å².